The van der Waals surface area contributed by atoms with Crippen LogP contribution in [-0.2, 0) is 6.54 Å². The topological polar surface area (TPSA) is 94.0 Å². The molecule has 7 heteroatoms. The fraction of sp³-hybridized carbons (Fsp3) is 0.250. The molecule has 23 heavy (non-hydrogen) atoms. The van der Waals surface area contributed by atoms with E-state index in [-0.39, 0.29) is 5.69 Å². The number of carboxylic acid groups (broad SMARTS) is 1. The van der Waals surface area contributed by atoms with Gasteiger partial charge in [0.05, 0.1) is 12.2 Å². The average Bonchev–Trinajstić information content (AvgIpc) is 3.07. The fourth-order valence-corrected chi connectivity index (χ4v) is 2.55. The van der Waals surface area contributed by atoms with E-state index in [0.717, 1.165) is 22.4 Å². The smallest absolute Gasteiger partial charge is 0.358 e. The molecular weight excluding hydrogens is 296 g/mol. The third-order valence-corrected chi connectivity index (χ3v) is 3.83. The molecule has 0 spiro atoms. The van der Waals surface area contributed by atoms with E-state index in [1.165, 1.54) is 0 Å². The zero-order chi connectivity index (χ0) is 16.6. The summed E-state index contributed by atoms with van der Waals surface area (Å²) in [6.07, 6.45) is 0. The van der Waals surface area contributed by atoms with Gasteiger partial charge in [0, 0.05) is 11.1 Å². The van der Waals surface area contributed by atoms with Gasteiger partial charge >= 0.3 is 5.97 Å². The Kier molecular flexibility index (Phi) is 3.69. The second-order valence-corrected chi connectivity index (χ2v) is 5.37. The molecule has 1 N–H and O–H groups in total. The highest BCUT2D eigenvalue weighted by molar-refractivity contribution is 5.93. The van der Waals surface area contributed by atoms with Crippen molar-refractivity contribution in [2.45, 2.75) is 27.3 Å². The Labute approximate surface area is 132 Å². The minimum atomic E-state index is -1.10. The van der Waals surface area contributed by atoms with Gasteiger partial charge in [0.15, 0.2) is 5.69 Å². The molecule has 0 aliphatic rings. The summed E-state index contributed by atoms with van der Waals surface area (Å²) < 4.78 is 6.74. The van der Waals surface area contributed by atoms with Crippen molar-refractivity contribution in [2.75, 3.05) is 0 Å². The van der Waals surface area contributed by atoms with Gasteiger partial charge in [0.25, 0.3) is 0 Å². The molecule has 0 atom stereocenters. The number of carboxylic acids is 1. The molecular formula is C16H16N4O3. The Bertz CT molecular complexity index is 860. The van der Waals surface area contributed by atoms with Gasteiger partial charge in [-0.1, -0.05) is 34.6 Å². The molecule has 0 aliphatic heterocycles. The number of benzene rings is 1. The predicted molar refractivity (Wildman–Crippen MR) is 82.2 cm³/mol. The maximum Gasteiger partial charge on any atom is 0.358 e. The number of aryl methyl sites for hydroxylation is 3. The molecule has 118 valence electrons. The lowest BCUT2D eigenvalue weighted by Gasteiger charge is -2.09. The molecule has 3 aromatic rings. The largest absolute Gasteiger partial charge is 0.476 e. The number of hydrogen-bond donors (Lipinski definition) is 1. The van der Waals surface area contributed by atoms with Crippen LogP contribution in [0.2, 0.25) is 0 Å². The first-order chi connectivity index (χ1) is 11.0. The van der Waals surface area contributed by atoms with Crippen LogP contribution in [0.1, 0.15) is 33.1 Å². The van der Waals surface area contributed by atoms with Crippen molar-refractivity contribution in [1.82, 2.24) is 20.2 Å². The SMILES string of the molecule is Cc1ccccc1-c1c(C(=O)O)nnn1Cc1c(C)noc1C. The van der Waals surface area contributed by atoms with Crippen LogP contribution in [0.25, 0.3) is 11.3 Å². The van der Waals surface area contributed by atoms with Crippen LogP contribution < -0.4 is 0 Å². The summed E-state index contributed by atoms with van der Waals surface area (Å²) in [5.74, 6) is -0.418. The number of nitrogens with zero attached hydrogens (tertiary/aromatic N) is 4. The maximum atomic E-state index is 11.5. The van der Waals surface area contributed by atoms with Gasteiger partial charge in [0.2, 0.25) is 0 Å². The van der Waals surface area contributed by atoms with Crippen LogP contribution in [0.15, 0.2) is 28.8 Å². The quantitative estimate of drug-likeness (QED) is 0.795. The van der Waals surface area contributed by atoms with E-state index in [1.54, 1.807) is 4.68 Å². The number of aromatic nitrogens is 4. The van der Waals surface area contributed by atoms with Crippen LogP contribution in [0.5, 0.6) is 0 Å². The van der Waals surface area contributed by atoms with Gasteiger partial charge in [-0.3, -0.25) is 0 Å². The van der Waals surface area contributed by atoms with Crippen LogP contribution in [0, 0.1) is 20.8 Å². The monoisotopic (exact) mass is 312 g/mol. The van der Waals surface area contributed by atoms with Crippen molar-refractivity contribution in [1.29, 1.82) is 0 Å². The van der Waals surface area contributed by atoms with Crippen LogP contribution in [-0.4, -0.2) is 31.2 Å². The molecule has 1 aromatic carbocycles. The van der Waals surface area contributed by atoms with Crippen molar-refractivity contribution in [2.24, 2.45) is 0 Å². The maximum absolute atomic E-state index is 11.5. The highest BCUT2D eigenvalue weighted by atomic mass is 16.5. The first-order valence-corrected chi connectivity index (χ1v) is 7.13. The molecule has 0 amide bonds. The Hall–Kier alpha value is -2.96. The third kappa shape index (κ3) is 2.61. The summed E-state index contributed by atoms with van der Waals surface area (Å²) in [6, 6.07) is 7.56. The van der Waals surface area contributed by atoms with Crippen molar-refractivity contribution >= 4 is 5.97 Å². The summed E-state index contributed by atoms with van der Waals surface area (Å²) >= 11 is 0. The first kappa shape index (κ1) is 15.0. The van der Waals surface area contributed by atoms with E-state index in [1.807, 2.05) is 45.0 Å². The fourth-order valence-electron chi connectivity index (χ4n) is 2.55. The molecule has 0 saturated heterocycles. The second-order valence-electron chi connectivity index (χ2n) is 5.37. The highest BCUT2D eigenvalue weighted by Gasteiger charge is 2.23. The number of rotatable bonds is 4. The van der Waals surface area contributed by atoms with Gasteiger partial charge in [-0.25, -0.2) is 9.48 Å². The molecule has 7 nitrogen and oxygen atoms in total. The Morgan fingerprint density at radius 2 is 2.00 bits per heavy atom. The summed E-state index contributed by atoms with van der Waals surface area (Å²) in [5, 5.41) is 21.2. The number of carbonyl (C=O) groups is 1. The van der Waals surface area contributed by atoms with Gasteiger partial charge < -0.3 is 9.63 Å². The van der Waals surface area contributed by atoms with Crippen LogP contribution in [0.4, 0.5) is 0 Å². The van der Waals surface area contributed by atoms with E-state index in [0.29, 0.717) is 18.0 Å². The summed E-state index contributed by atoms with van der Waals surface area (Å²) in [4.78, 5) is 11.5. The molecule has 0 saturated carbocycles. The number of aromatic carboxylic acids is 1. The van der Waals surface area contributed by atoms with Crippen molar-refractivity contribution in [3.05, 3.63) is 52.5 Å². The van der Waals surface area contributed by atoms with Crippen molar-refractivity contribution < 1.29 is 14.4 Å². The Morgan fingerprint density at radius 3 is 2.61 bits per heavy atom. The molecule has 0 radical (unpaired) electrons. The standard InChI is InChI=1S/C16H16N4O3/c1-9-6-4-5-7-12(9)15-14(16(21)22)17-19-20(15)8-13-10(2)18-23-11(13)3/h4-7H,8H2,1-3H3,(H,21,22). The summed E-state index contributed by atoms with van der Waals surface area (Å²) in [7, 11) is 0. The van der Waals surface area contributed by atoms with E-state index >= 15 is 0 Å². The average molecular weight is 312 g/mol. The lowest BCUT2D eigenvalue weighted by atomic mass is 10.0. The highest BCUT2D eigenvalue weighted by Crippen LogP contribution is 2.27. The van der Waals surface area contributed by atoms with Crippen molar-refractivity contribution in [3.8, 4) is 11.3 Å². The first-order valence-electron chi connectivity index (χ1n) is 7.13. The molecule has 3 rings (SSSR count). The molecule has 0 unspecified atom stereocenters. The minimum Gasteiger partial charge on any atom is -0.476 e. The molecule has 2 aromatic heterocycles. The molecule has 0 fully saturated rings. The summed E-state index contributed by atoms with van der Waals surface area (Å²) in [5.41, 5.74) is 3.80. The van der Waals surface area contributed by atoms with Crippen LogP contribution >= 0.6 is 0 Å². The Morgan fingerprint density at radius 1 is 1.26 bits per heavy atom. The normalized spacial score (nSPS) is 10.9. The minimum absolute atomic E-state index is 0.0638. The molecule has 0 bridgehead atoms. The number of hydrogen-bond acceptors (Lipinski definition) is 5. The zero-order valence-corrected chi connectivity index (χ0v) is 13.1. The molecule has 2 heterocycles. The second kappa shape index (κ2) is 5.68. The zero-order valence-electron chi connectivity index (χ0n) is 13.1. The van der Waals surface area contributed by atoms with Gasteiger partial charge in [-0.15, -0.1) is 5.10 Å². The lowest BCUT2D eigenvalue weighted by molar-refractivity contribution is 0.0691. The predicted octanol–water partition coefficient (Wildman–Crippen LogP) is 2.60. The van der Waals surface area contributed by atoms with E-state index in [4.69, 9.17) is 4.52 Å². The van der Waals surface area contributed by atoms with Gasteiger partial charge in [-0.2, -0.15) is 0 Å². The molecule has 0 aliphatic carbocycles. The van der Waals surface area contributed by atoms with E-state index in [2.05, 4.69) is 15.5 Å². The van der Waals surface area contributed by atoms with E-state index < -0.39 is 5.97 Å². The van der Waals surface area contributed by atoms with Gasteiger partial charge in [-0.05, 0) is 26.3 Å². The van der Waals surface area contributed by atoms with Crippen LogP contribution in [0.3, 0.4) is 0 Å². The third-order valence-electron chi connectivity index (χ3n) is 3.83. The van der Waals surface area contributed by atoms with E-state index in [9.17, 15) is 9.90 Å². The lowest BCUT2D eigenvalue weighted by Crippen LogP contribution is -2.08. The van der Waals surface area contributed by atoms with Crippen molar-refractivity contribution in [3.63, 3.8) is 0 Å². The Balaban J connectivity index is 2.16. The summed E-state index contributed by atoms with van der Waals surface area (Å²) in [6.45, 7) is 5.94. The van der Waals surface area contributed by atoms with Gasteiger partial charge in [0.1, 0.15) is 11.5 Å².